The lowest BCUT2D eigenvalue weighted by atomic mass is 9.67. The molecule has 2 fully saturated rings. The zero-order valence-electron chi connectivity index (χ0n) is 15.4. The van der Waals surface area contributed by atoms with E-state index in [1.165, 1.54) is 58.2 Å². The second-order valence-electron chi connectivity index (χ2n) is 6.80. The van der Waals surface area contributed by atoms with Crippen LogP contribution in [-0.4, -0.2) is 42.9 Å². The molecule has 1 heterocycles. The average Bonchev–Trinajstić information content (AvgIpc) is 2.59. The number of piperidine rings is 1. The Labute approximate surface area is 138 Å². The van der Waals surface area contributed by atoms with Gasteiger partial charge in [-0.25, -0.2) is 0 Å². The van der Waals surface area contributed by atoms with Gasteiger partial charge in [-0.3, -0.25) is 4.79 Å². The highest BCUT2D eigenvalue weighted by molar-refractivity contribution is 5.78. The fraction of sp³-hybridized carbons (Fsp3) is 0.947. The third-order valence-electron chi connectivity index (χ3n) is 5.64. The van der Waals surface area contributed by atoms with E-state index in [1.54, 1.807) is 0 Å². The molecule has 0 aromatic heterocycles. The Bertz CT molecular complexity index is 299. The maximum absolute atomic E-state index is 11.3. The Morgan fingerprint density at radius 1 is 1.09 bits per heavy atom. The summed E-state index contributed by atoms with van der Waals surface area (Å²) in [5.74, 6) is 0.386. The summed E-state index contributed by atoms with van der Waals surface area (Å²) in [5.41, 5.74) is 0.656. The van der Waals surface area contributed by atoms with Gasteiger partial charge in [0.25, 0.3) is 0 Å². The van der Waals surface area contributed by atoms with E-state index in [-0.39, 0.29) is 0 Å². The molecule has 3 heteroatoms. The topological polar surface area (TPSA) is 32.3 Å². The van der Waals surface area contributed by atoms with Crippen LogP contribution in [-0.2, 0) is 4.79 Å². The van der Waals surface area contributed by atoms with Crippen LogP contribution < -0.4 is 5.32 Å². The van der Waals surface area contributed by atoms with Crippen molar-refractivity contribution in [2.45, 2.75) is 85.1 Å². The molecule has 0 atom stereocenters. The molecule has 3 nitrogen and oxygen atoms in total. The average molecular weight is 311 g/mol. The molecule has 1 aliphatic carbocycles. The van der Waals surface area contributed by atoms with Gasteiger partial charge >= 0.3 is 0 Å². The SMILES string of the molecule is CC.CCC(=O)CCNC1CCC2(CC1)CCN(CC)CC2. The predicted octanol–water partition coefficient (Wildman–Crippen LogP) is 4.02. The molecular formula is C19H38N2O. The Hall–Kier alpha value is -0.410. The summed E-state index contributed by atoms with van der Waals surface area (Å²) in [5, 5.41) is 3.60. The molecule has 1 saturated heterocycles. The highest BCUT2D eigenvalue weighted by Crippen LogP contribution is 2.44. The van der Waals surface area contributed by atoms with Gasteiger partial charge in [-0.1, -0.05) is 27.7 Å². The molecule has 0 aromatic rings. The molecule has 2 rings (SSSR count). The molecule has 1 spiro atoms. The van der Waals surface area contributed by atoms with Crippen LogP contribution in [0, 0.1) is 5.41 Å². The third kappa shape index (κ3) is 6.00. The van der Waals surface area contributed by atoms with Crippen LogP contribution >= 0.6 is 0 Å². The summed E-state index contributed by atoms with van der Waals surface area (Å²) >= 11 is 0. The first kappa shape index (κ1) is 19.6. The minimum Gasteiger partial charge on any atom is -0.314 e. The van der Waals surface area contributed by atoms with Crippen molar-refractivity contribution < 1.29 is 4.79 Å². The normalized spacial score (nSPS) is 22.2. The number of hydrogen-bond donors (Lipinski definition) is 1. The summed E-state index contributed by atoms with van der Waals surface area (Å²) in [7, 11) is 0. The predicted molar refractivity (Wildman–Crippen MR) is 95.3 cm³/mol. The number of carbonyl (C=O) groups is 1. The van der Waals surface area contributed by atoms with Gasteiger partial charge in [0.1, 0.15) is 5.78 Å². The maximum Gasteiger partial charge on any atom is 0.133 e. The molecular weight excluding hydrogens is 272 g/mol. The standard InChI is InChI=1S/C17H32N2O.C2H6/c1-3-16(20)7-12-18-15-5-8-17(9-6-15)10-13-19(4-2)14-11-17;1-2/h15,18H,3-14H2,1-2H3;1-2H3. The third-order valence-corrected chi connectivity index (χ3v) is 5.64. The molecule has 130 valence electrons. The van der Waals surface area contributed by atoms with E-state index >= 15 is 0 Å². The quantitative estimate of drug-likeness (QED) is 0.804. The van der Waals surface area contributed by atoms with Crippen LogP contribution in [0.25, 0.3) is 0 Å². The van der Waals surface area contributed by atoms with Crippen molar-refractivity contribution in [3.8, 4) is 0 Å². The van der Waals surface area contributed by atoms with E-state index in [4.69, 9.17) is 0 Å². The van der Waals surface area contributed by atoms with Crippen molar-refractivity contribution in [2.75, 3.05) is 26.2 Å². The largest absolute Gasteiger partial charge is 0.314 e. The highest BCUT2D eigenvalue weighted by atomic mass is 16.1. The van der Waals surface area contributed by atoms with Crippen molar-refractivity contribution in [3.05, 3.63) is 0 Å². The minimum absolute atomic E-state index is 0.386. The van der Waals surface area contributed by atoms with E-state index in [9.17, 15) is 4.79 Å². The molecule has 2 aliphatic rings. The molecule has 1 saturated carbocycles. The smallest absolute Gasteiger partial charge is 0.133 e. The fourth-order valence-electron chi connectivity index (χ4n) is 3.87. The van der Waals surface area contributed by atoms with Gasteiger partial charge in [0, 0.05) is 25.4 Å². The minimum atomic E-state index is 0.386. The number of carbonyl (C=O) groups excluding carboxylic acids is 1. The first-order chi connectivity index (χ1) is 10.7. The molecule has 1 N–H and O–H groups in total. The maximum atomic E-state index is 11.3. The van der Waals surface area contributed by atoms with Crippen molar-refractivity contribution >= 4 is 5.78 Å². The van der Waals surface area contributed by atoms with E-state index in [2.05, 4.69) is 17.1 Å². The number of ketones is 1. The number of rotatable bonds is 6. The molecule has 0 amide bonds. The molecule has 1 aliphatic heterocycles. The molecule has 0 radical (unpaired) electrons. The van der Waals surface area contributed by atoms with Crippen LogP contribution in [0.4, 0.5) is 0 Å². The van der Waals surface area contributed by atoms with Gasteiger partial charge in [0.2, 0.25) is 0 Å². The first-order valence-electron chi connectivity index (χ1n) is 9.65. The van der Waals surface area contributed by atoms with E-state index < -0.39 is 0 Å². The molecule has 0 bridgehead atoms. The first-order valence-corrected chi connectivity index (χ1v) is 9.65. The van der Waals surface area contributed by atoms with Crippen molar-refractivity contribution in [2.24, 2.45) is 5.41 Å². The van der Waals surface area contributed by atoms with E-state index in [0.29, 0.717) is 30.1 Å². The molecule has 0 aromatic carbocycles. The molecule has 22 heavy (non-hydrogen) atoms. The number of Topliss-reactive ketones (excluding diaryl/α,β-unsaturated/α-hetero) is 1. The Kier molecular flexibility index (Phi) is 9.27. The number of hydrogen-bond acceptors (Lipinski definition) is 3. The Morgan fingerprint density at radius 2 is 1.68 bits per heavy atom. The van der Waals surface area contributed by atoms with Gasteiger partial charge in [0.15, 0.2) is 0 Å². The van der Waals surface area contributed by atoms with E-state index in [1.807, 2.05) is 20.8 Å². The monoisotopic (exact) mass is 310 g/mol. The second-order valence-corrected chi connectivity index (χ2v) is 6.80. The summed E-state index contributed by atoms with van der Waals surface area (Å²) in [4.78, 5) is 13.9. The van der Waals surface area contributed by atoms with Crippen LogP contribution in [0.15, 0.2) is 0 Å². The van der Waals surface area contributed by atoms with Crippen molar-refractivity contribution in [1.82, 2.24) is 10.2 Å². The zero-order chi connectivity index (χ0) is 16.4. The van der Waals surface area contributed by atoms with Crippen LogP contribution in [0.3, 0.4) is 0 Å². The molecule has 0 unspecified atom stereocenters. The summed E-state index contributed by atoms with van der Waals surface area (Å²) in [6.45, 7) is 12.9. The van der Waals surface area contributed by atoms with Crippen LogP contribution in [0.2, 0.25) is 0 Å². The van der Waals surface area contributed by atoms with Gasteiger partial charge in [0.05, 0.1) is 0 Å². The Morgan fingerprint density at radius 3 is 2.18 bits per heavy atom. The number of likely N-dealkylation sites (tertiary alicyclic amines) is 1. The van der Waals surface area contributed by atoms with Crippen LogP contribution in [0.5, 0.6) is 0 Å². The van der Waals surface area contributed by atoms with Crippen LogP contribution in [0.1, 0.15) is 79.1 Å². The lowest BCUT2D eigenvalue weighted by Crippen LogP contribution is -2.44. The number of nitrogens with zero attached hydrogens (tertiary/aromatic N) is 1. The van der Waals surface area contributed by atoms with Gasteiger partial charge in [-0.05, 0) is 63.6 Å². The number of nitrogens with one attached hydrogen (secondary N) is 1. The van der Waals surface area contributed by atoms with Crippen molar-refractivity contribution in [3.63, 3.8) is 0 Å². The fourth-order valence-corrected chi connectivity index (χ4v) is 3.87. The summed E-state index contributed by atoms with van der Waals surface area (Å²) in [6, 6.07) is 0.662. The zero-order valence-corrected chi connectivity index (χ0v) is 15.4. The Balaban J connectivity index is 0.00000116. The van der Waals surface area contributed by atoms with Gasteiger partial charge in [-0.15, -0.1) is 0 Å². The van der Waals surface area contributed by atoms with Gasteiger partial charge < -0.3 is 10.2 Å². The summed E-state index contributed by atoms with van der Waals surface area (Å²) in [6.07, 6.45) is 9.61. The lowest BCUT2D eigenvalue weighted by Gasteiger charge is -2.46. The van der Waals surface area contributed by atoms with E-state index in [0.717, 1.165) is 6.54 Å². The summed E-state index contributed by atoms with van der Waals surface area (Å²) < 4.78 is 0. The van der Waals surface area contributed by atoms with Crippen molar-refractivity contribution in [1.29, 1.82) is 0 Å². The second kappa shape index (κ2) is 10.4. The lowest BCUT2D eigenvalue weighted by molar-refractivity contribution is -0.118. The van der Waals surface area contributed by atoms with Gasteiger partial charge in [-0.2, -0.15) is 0 Å². The highest BCUT2D eigenvalue weighted by Gasteiger charge is 2.37.